The van der Waals surface area contributed by atoms with Crippen molar-refractivity contribution in [2.24, 2.45) is 0 Å². The highest BCUT2D eigenvalue weighted by Gasteiger charge is 2.06. The van der Waals surface area contributed by atoms with Crippen molar-refractivity contribution in [3.63, 3.8) is 0 Å². The zero-order valence-corrected chi connectivity index (χ0v) is 9.27. The van der Waals surface area contributed by atoms with E-state index in [2.05, 4.69) is 18.8 Å². The van der Waals surface area contributed by atoms with Gasteiger partial charge in [0, 0.05) is 11.6 Å². The summed E-state index contributed by atoms with van der Waals surface area (Å²) < 4.78 is 0. The van der Waals surface area contributed by atoms with Gasteiger partial charge in [-0.1, -0.05) is 19.9 Å². The van der Waals surface area contributed by atoms with Crippen LogP contribution in [-0.4, -0.2) is 16.1 Å². The zero-order valence-electron chi connectivity index (χ0n) is 9.27. The van der Waals surface area contributed by atoms with Crippen molar-refractivity contribution in [2.45, 2.75) is 19.8 Å². The van der Waals surface area contributed by atoms with Gasteiger partial charge in [0.25, 0.3) is 0 Å². The average Bonchev–Trinajstić information content (AvgIpc) is 2.27. The van der Waals surface area contributed by atoms with Crippen molar-refractivity contribution >= 4 is 16.9 Å². The Hall–Kier alpha value is -1.90. The normalized spacial score (nSPS) is 10.9. The van der Waals surface area contributed by atoms with Crippen molar-refractivity contribution in [3.05, 3.63) is 41.6 Å². The molecule has 0 aliphatic carbocycles. The Morgan fingerprint density at radius 1 is 1.31 bits per heavy atom. The van der Waals surface area contributed by atoms with Crippen molar-refractivity contribution in [1.29, 1.82) is 0 Å². The van der Waals surface area contributed by atoms with E-state index in [0.717, 1.165) is 10.9 Å². The number of aromatic nitrogens is 1. The van der Waals surface area contributed by atoms with Crippen LogP contribution in [0.25, 0.3) is 10.9 Å². The third-order valence-electron chi connectivity index (χ3n) is 2.62. The first kappa shape index (κ1) is 10.6. The number of hydrogen-bond acceptors (Lipinski definition) is 2. The largest absolute Gasteiger partial charge is 0.478 e. The number of rotatable bonds is 2. The lowest BCUT2D eigenvalue weighted by atomic mass is 10.0. The summed E-state index contributed by atoms with van der Waals surface area (Å²) in [6.45, 7) is 4.21. The maximum Gasteiger partial charge on any atom is 0.337 e. The molecule has 0 fully saturated rings. The molecule has 0 bridgehead atoms. The number of carbonyl (C=O) groups is 1. The van der Waals surface area contributed by atoms with E-state index < -0.39 is 5.97 Å². The number of aromatic carboxylic acids is 1. The first-order valence-corrected chi connectivity index (χ1v) is 5.21. The fraction of sp³-hybridized carbons (Fsp3) is 0.231. The minimum Gasteiger partial charge on any atom is -0.478 e. The van der Waals surface area contributed by atoms with E-state index in [0.29, 0.717) is 5.92 Å². The highest BCUT2D eigenvalue weighted by molar-refractivity contribution is 5.92. The van der Waals surface area contributed by atoms with Crippen LogP contribution in [0.3, 0.4) is 0 Å². The zero-order chi connectivity index (χ0) is 11.7. The van der Waals surface area contributed by atoms with Crippen molar-refractivity contribution in [3.8, 4) is 0 Å². The Kier molecular flexibility index (Phi) is 2.60. The molecule has 2 rings (SSSR count). The van der Waals surface area contributed by atoms with Gasteiger partial charge in [-0.2, -0.15) is 0 Å². The molecule has 82 valence electrons. The molecule has 0 amide bonds. The molecule has 3 nitrogen and oxygen atoms in total. The van der Waals surface area contributed by atoms with E-state index in [4.69, 9.17) is 5.11 Å². The van der Waals surface area contributed by atoms with Gasteiger partial charge in [-0.3, -0.25) is 4.98 Å². The summed E-state index contributed by atoms with van der Waals surface area (Å²) in [5.74, 6) is -0.512. The second-order valence-electron chi connectivity index (χ2n) is 4.14. The molecular weight excluding hydrogens is 202 g/mol. The van der Waals surface area contributed by atoms with Gasteiger partial charge < -0.3 is 5.11 Å². The third kappa shape index (κ3) is 1.89. The summed E-state index contributed by atoms with van der Waals surface area (Å²) in [5.41, 5.74) is 2.25. The number of hydrogen-bond donors (Lipinski definition) is 1. The Labute approximate surface area is 93.7 Å². The summed E-state index contributed by atoms with van der Waals surface area (Å²) in [7, 11) is 0. The van der Waals surface area contributed by atoms with Crippen LogP contribution in [0.15, 0.2) is 30.5 Å². The number of benzene rings is 1. The van der Waals surface area contributed by atoms with Crippen LogP contribution in [0.5, 0.6) is 0 Å². The van der Waals surface area contributed by atoms with E-state index in [1.165, 1.54) is 11.8 Å². The lowest BCUT2D eigenvalue weighted by molar-refractivity contribution is 0.0696. The van der Waals surface area contributed by atoms with Gasteiger partial charge in [-0.15, -0.1) is 0 Å². The topological polar surface area (TPSA) is 50.2 Å². The van der Waals surface area contributed by atoms with Gasteiger partial charge in [0.15, 0.2) is 0 Å². The summed E-state index contributed by atoms with van der Waals surface area (Å²) >= 11 is 0. The summed E-state index contributed by atoms with van der Waals surface area (Å²) in [6, 6.07) is 7.62. The van der Waals surface area contributed by atoms with Gasteiger partial charge in [0.05, 0.1) is 11.1 Å². The molecule has 1 aromatic heterocycles. The summed E-state index contributed by atoms with van der Waals surface area (Å²) in [4.78, 5) is 14.9. The van der Waals surface area contributed by atoms with Crippen LogP contribution in [-0.2, 0) is 0 Å². The van der Waals surface area contributed by atoms with Crippen LogP contribution < -0.4 is 0 Å². The minimum atomic E-state index is -0.940. The fourth-order valence-corrected chi connectivity index (χ4v) is 1.63. The molecule has 0 spiro atoms. The monoisotopic (exact) mass is 215 g/mol. The molecular formula is C13H13NO2. The van der Waals surface area contributed by atoms with E-state index in [1.807, 2.05) is 18.2 Å². The van der Waals surface area contributed by atoms with E-state index >= 15 is 0 Å². The predicted octanol–water partition coefficient (Wildman–Crippen LogP) is 3.06. The molecule has 0 radical (unpaired) electrons. The van der Waals surface area contributed by atoms with E-state index in [9.17, 15) is 4.79 Å². The predicted molar refractivity (Wildman–Crippen MR) is 62.8 cm³/mol. The van der Waals surface area contributed by atoms with Crippen LogP contribution in [0.2, 0.25) is 0 Å². The lowest BCUT2D eigenvalue weighted by Gasteiger charge is -2.06. The standard InChI is InChI=1S/C13H13NO2/c1-8(2)9-3-4-12-10(5-9)6-11(7-14-12)13(15)16/h3-8H,1-2H3,(H,15,16). The maximum atomic E-state index is 10.8. The average molecular weight is 215 g/mol. The van der Waals surface area contributed by atoms with Crippen molar-refractivity contribution < 1.29 is 9.90 Å². The second kappa shape index (κ2) is 3.93. The highest BCUT2D eigenvalue weighted by atomic mass is 16.4. The van der Waals surface area contributed by atoms with Crippen LogP contribution in [0.4, 0.5) is 0 Å². The molecule has 0 aliphatic rings. The highest BCUT2D eigenvalue weighted by Crippen LogP contribution is 2.20. The molecule has 2 aromatic rings. The molecule has 1 heterocycles. The number of nitrogens with zero attached hydrogens (tertiary/aromatic N) is 1. The first-order valence-electron chi connectivity index (χ1n) is 5.21. The molecule has 3 heteroatoms. The molecule has 0 saturated heterocycles. The number of fused-ring (bicyclic) bond motifs is 1. The Bertz CT molecular complexity index is 547. The molecule has 0 atom stereocenters. The minimum absolute atomic E-state index is 0.230. The van der Waals surface area contributed by atoms with Crippen molar-refractivity contribution in [1.82, 2.24) is 4.98 Å². The molecule has 0 aliphatic heterocycles. The van der Waals surface area contributed by atoms with Gasteiger partial charge in [-0.25, -0.2) is 4.79 Å². The SMILES string of the molecule is CC(C)c1ccc2ncc(C(=O)O)cc2c1. The van der Waals surface area contributed by atoms with Crippen LogP contribution >= 0.6 is 0 Å². The summed E-state index contributed by atoms with van der Waals surface area (Å²) in [6.07, 6.45) is 1.39. The van der Waals surface area contributed by atoms with Gasteiger partial charge in [-0.05, 0) is 29.7 Å². The smallest absolute Gasteiger partial charge is 0.337 e. The van der Waals surface area contributed by atoms with Crippen molar-refractivity contribution in [2.75, 3.05) is 0 Å². The lowest BCUT2D eigenvalue weighted by Crippen LogP contribution is -1.97. The maximum absolute atomic E-state index is 10.8. The molecule has 1 N–H and O–H groups in total. The quantitative estimate of drug-likeness (QED) is 0.837. The number of carboxylic acids is 1. The van der Waals surface area contributed by atoms with Gasteiger partial charge in [0.1, 0.15) is 0 Å². The fourth-order valence-electron chi connectivity index (χ4n) is 1.63. The molecule has 0 unspecified atom stereocenters. The Morgan fingerprint density at radius 3 is 2.69 bits per heavy atom. The van der Waals surface area contributed by atoms with Crippen LogP contribution in [0.1, 0.15) is 35.7 Å². The number of carboxylic acid groups (broad SMARTS) is 1. The van der Waals surface area contributed by atoms with Crippen LogP contribution in [0, 0.1) is 0 Å². The van der Waals surface area contributed by atoms with E-state index in [1.54, 1.807) is 6.07 Å². The third-order valence-corrected chi connectivity index (χ3v) is 2.62. The van der Waals surface area contributed by atoms with Gasteiger partial charge >= 0.3 is 5.97 Å². The molecule has 0 saturated carbocycles. The Balaban J connectivity index is 2.61. The Morgan fingerprint density at radius 2 is 2.06 bits per heavy atom. The molecule has 16 heavy (non-hydrogen) atoms. The second-order valence-corrected chi connectivity index (χ2v) is 4.14. The summed E-state index contributed by atoms with van der Waals surface area (Å²) in [5, 5.41) is 9.76. The van der Waals surface area contributed by atoms with E-state index in [-0.39, 0.29) is 5.56 Å². The van der Waals surface area contributed by atoms with Gasteiger partial charge in [0.2, 0.25) is 0 Å². The number of pyridine rings is 1. The first-order chi connectivity index (χ1) is 7.58. The molecule has 1 aromatic carbocycles.